The van der Waals surface area contributed by atoms with Crippen molar-refractivity contribution >= 4 is 15.6 Å². The standard InChI is InChI=1S/C8H17NO3S/c1-13(11,12)7-3-5-8(10)4-2-6-9/h2-7,9H2,1H3. The highest BCUT2D eigenvalue weighted by Gasteiger charge is 2.05. The molecule has 0 heterocycles. The van der Waals surface area contributed by atoms with Crippen LogP contribution in [0.2, 0.25) is 0 Å². The zero-order chi connectivity index (χ0) is 10.3. The van der Waals surface area contributed by atoms with Crippen LogP contribution >= 0.6 is 0 Å². The zero-order valence-corrected chi connectivity index (χ0v) is 8.77. The van der Waals surface area contributed by atoms with Gasteiger partial charge in [0.1, 0.15) is 15.6 Å². The Morgan fingerprint density at radius 2 is 1.77 bits per heavy atom. The highest BCUT2D eigenvalue weighted by Crippen LogP contribution is 1.99. The average molecular weight is 207 g/mol. The lowest BCUT2D eigenvalue weighted by atomic mass is 10.1. The molecular formula is C8H17NO3S. The maximum atomic E-state index is 11.0. The van der Waals surface area contributed by atoms with Gasteiger partial charge in [-0.15, -0.1) is 0 Å². The van der Waals surface area contributed by atoms with Gasteiger partial charge in [0.15, 0.2) is 0 Å². The molecular weight excluding hydrogens is 190 g/mol. The predicted octanol–water partition coefficient (Wildman–Crippen LogP) is 0.119. The predicted molar refractivity (Wildman–Crippen MR) is 52.2 cm³/mol. The van der Waals surface area contributed by atoms with Crippen LogP contribution in [0, 0.1) is 0 Å². The summed E-state index contributed by atoms with van der Waals surface area (Å²) in [5.41, 5.74) is 5.23. The molecule has 0 bridgehead atoms. The van der Waals surface area contributed by atoms with Gasteiger partial charge >= 0.3 is 0 Å². The lowest BCUT2D eigenvalue weighted by molar-refractivity contribution is -0.119. The number of carbonyl (C=O) groups excluding carboxylic acids is 1. The van der Waals surface area contributed by atoms with Gasteiger partial charge < -0.3 is 5.73 Å². The van der Waals surface area contributed by atoms with Gasteiger partial charge in [-0.2, -0.15) is 0 Å². The van der Waals surface area contributed by atoms with Gasteiger partial charge in [0.05, 0.1) is 5.75 Å². The van der Waals surface area contributed by atoms with Crippen molar-refractivity contribution in [2.45, 2.75) is 25.7 Å². The summed E-state index contributed by atoms with van der Waals surface area (Å²) < 4.78 is 21.4. The van der Waals surface area contributed by atoms with E-state index in [1.165, 1.54) is 6.26 Å². The Balaban J connectivity index is 3.49. The molecule has 0 aliphatic heterocycles. The van der Waals surface area contributed by atoms with Gasteiger partial charge in [-0.3, -0.25) is 4.79 Å². The highest BCUT2D eigenvalue weighted by atomic mass is 32.2. The molecule has 0 aromatic carbocycles. The third kappa shape index (κ3) is 9.49. The Bertz CT molecular complexity index is 246. The molecule has 0 saturated heterocycles. The summed E-state index contributed by atoms with van der Waals surface area (Å²) in [6.07, 6.45) is 3.13. The SMILES string of the molecule is CS(=O)(=O)CCCC(=O)CCCN. The Kier molecular flexibility index (Phi) is 5.90. The van der Waals surface area contributed by atoms with Gasteiger partial charge in [0.2, 0.25) is 0 Å². The van der Waals surface area contributed by atoms with Crippen molar-refractivity contribution in [3.63, 3.8) is 0 Å². The van der Waals surface area contributed by atoms with E-state index < -0.39 is 9.84 Å². The Labute approximate surface area is 79.4 Å². The van der Waals surface area contributed by atoms with E-state index in [9.17, 15) is 13.2 Å². The third-order valence-electron chi connectivity index (χ3n) is 1.63. The molecule has 13 heavy (non-hydrogen) atoms. The maximum Gasteiger partial charge on any atom is 0.147 e. The number of Topliss-reactive ketones (excluding diaryl/α,β-unsaturated/α-hetero) is 1. The Morgan fingerprint density at radius 1 is 1.23 bits per heavy atom. The molecule has 0 saturated carbocycles. The number of hydrogen-bond donors (Lipinski definition) is 1. The number of hydrogen-bond acceptors (Lipinski definition) is 4. The summed E-state index contributed by atoms with van der Waals surface area (Å²) in [6, 6.07) is 0. The molecule has 0 rings (SSSR count). The fourth-order valence-electron chi connectivity index (χ4n) is 0.956. The maximum absolute atomic E-state index is 11.0. The van der Waals surface area contributed by atoms with Gasteiger partial charge in [-0.1, -0.05) is 0 Å². The molecule has 4 nitrogen and oxygen atoms in total. The first-order chi connectivity index (χ1) is 5.95. The van der Waals surface area contributed by atoms with E-state index in [-0.39, 0.29) is 11.5 Å². The summed E-state index contributed by atoms with van der Waals surface area (Å²) in [4.78, 5) is 11.0. The summed E-state index contributed by atoms with van der Waals surface area (Å²) in [5.74, 6) is 0.204. The van der Waals surface area contributed by atoms with Crippen LogP contribution in [0.15, 0.2) is 0 Å². The van der Waals surface area contributed by atoms with E-state index in [1.54, 1.807) is 0 Å². The van der Waals surface area contributed by atoms with Crippen molar-refractivity contribution in [1.29, 1.82) is 0 Å². The molecule has 0 aromatic rings. The van der Waals surface area contributed by atoms with Crippen molar-refractivity contribution in [3.05, 3.63) is 0 Å². The molecule has 0 aliphatic rings. The minimum Gasteiger partial charge on any atom is -0.330 e. The largest absolute Gasteiger partial charge is 0.330 e. The molecule has 0 radical (unpaired) electrons. The summed E-state index contributed by atoms with van der Waals surface area (Å²) >= 11 is 0. The number of ketones is 1. The molecule has 0 spiro atoms. The third-order valence-corrected chi connectivity index (χ3v) is 2.66. The van der Waals surface area contributed by atoms with E-state index in [2.05, 4.69) is 0 Å². The van der Waals surface area contributed by atoms with Crippen LogP contribution in [0.4, 0.5) is 0 Å². The lowest BCUT2D eigenvalue weighted by Crippen LogP contribution is -2.08. The lowest BCUT2D eigenvalue weighted by Gasteiger charge is -1.98. The average Bonchev–Trinajstić information content (AvgIpc) is 1.98. The van der Waals surface area contributed by atoms with Gasteiger partial charge in [-0.05, 0) is 19.4 Å². The van der Waals surface area contributed by atoms with Crippen LogP contribution < -0.4 is 5.73 Å². The fourth-order valence-corrected chi connectivity index (χ4v) is 1.62. The number of sulfone groups is 1. The smallest absolute Gasteiger partial charge is 0.147 e. The first-order valence-electron chi connectivity index (χ1n) is 4.35. The molecule has 5 heteroatoms. The second-order valence-corrected chi connectivity index (χ2v) is 5.42. The van der Waals surface area contributed by atoms with Crippen LogP contribution in [0.1, 0.15) is 25.7 Å². The first kappa shape index (κ1) is 12.6. The summed E-state index contributed by atoms with van der Waals surface area (Å²) in [5, 5.41) is 0. The summed E-state index contributed by atoms with van der Waals surface area (Å²) in [7, 11) is -2.92. The molecule has 78 valence electrons. The molecule has 2 N–H and O–H groups in total. The van der Waals surface area contributed by atoms with E-state index in [0.29, 0.717) is 32.2 Å². The zero-order valence-electron chi connectivity index (χ0n) is 7.95. The monoisotopic (exact) mass is 207 g/mol. The van der Waals surface area contributed by atoms with E-state index in [0.717, 1.165) is 0 Å². The van der Waals surface area contributed by atoms with Gasteiger partial charge in [0, 0.05) is 19.1 Å². The Hall–Kier alpha value is -0.420. The van der Waals surface area contributed by atoms with Crippen LogP contribution in [0.3, 0.4) is 0 Å². The Morgan fingerprint density at radius 3 is 2.23 bits per heavy atom. The first-order valence-corrected chi connectivity index (χ1v) is 6.41. The van der Waals surface area contributed by atoms with Crippen LogP contribution in [0.5, 0.6) is 0 Å². The van der Waals surface area contributed by atoms with E-state index in [1.807, 2.05) is 0 Å². The molecule has 0 atom stereocenters. The van der Waals surface area contributed by atoms with Crippen molar-refractivity contribution in [2.24, 2.45) is 5.73 Å². The minimum absolute atomic E-state index is 0.0986. The van der Waals surface area contributed by atoms with Gasteiger partial charge in [-0.25, -0.2) is 8.42 Å². The molecule has 0 aliphatic carbocycles. The number of carbonyl (C=O) groups is 1. The van der Waals surface area contributed by atoms with Crippen LogP contribution in [0.25, 0.3) is 0 Å². The number of rotatable bonds is 7. The summed E-state index contributed by atoms with van der Waals surface area (Å²) in [6.45, 7) is 0.512. The second-order valence-electron chi connectivity index (χ2n) is 3.16. The van der Waals surface area contributed by atoms with Gasteiger partial charge in [0.25, 0.3) is 0 Å². The molecule has 0 fully saturated rings. The van der Waals surface area contributed by atoms with E-state index in [4.69, 9.17) is 5.73 Å². The van der Waals surface area contributed by atoms with Crippen molar-refractivity contribution in [2.75, 3.05) is 18.6 Å². The normalized spacial score (nSPS) is 11.5. The van der Waals surface area contributed by atoms with Crippen molar-refractivity contribution in [3.8, 4) is 0 Å². The molecule has 0 amide bonds. The fraction of sp³-hybridized carbons (Fsp3) is 0.875. The second kappa shape index (κ2) is 6.10. The molecule has 0 unspecified atom stereocenters. The minimum atomic E-state index is -2.92. The van der Waals surface area contributed by atoms with Crippen molar-refractivity contribution in [1.82, 2.24) is 0 Å². The van der Waals surface area contributed by atoms with E-state index >= 15 is 0 Å². The quantitative estimate of drug-likeness (QED) is 0.643. The number of nitrogens with two attached hydrogens (primary N) is 1. The molecule has 0 aromatic heterocycles. The highest BCUT2D eigenvalue weighted by molar-refractivity contribution is 7.90. The van der Waals surface area contributed by atoms with Crippen molar-refractivity contribution < 1.29 is 13.2 Å². The van der Waals surface area contributed by atoms with Crippen LogP contribution in [-0.4, -0.2) is 32.8 Å². The topological polar surface area (TPSA) is 77.2 Å². The van der Waals surface area contributed by atoms with Crippen LogP contribution in [-0.2, 0) is 14.6 Å².